The third kappa shape index (κ3) is 3.41. The lowest BCUT2D eigenvalue weighted by molar-refractivity contribution is 0.274. The van der Waals surface area contributed by atoms with Gasteiger partial charge in [-0.1, -0.05) is 42.5 Å². The van der Waals surface area contributed by atoms with Crippen LogP contribution in [0, 0.1) is 5.92 Å². The molecular formula is C18H21N3O2S2. The summed E-state index contributed by atoms with van der Waals surface area (Å²) >= 11 is 1.12. The normalized spacial score (nSPS) is 27.0. The molecule has 0 saturated carbocycles. The molecule has 4 rings (SSSR count). The highest BCUT2D eigenvalue weighted by Gasteiger charge is 2.39. The summed E-state index contributed by atoms with van der Waals surface area (Å²) in [5.74, 6) is 0.545. The van der Waals surface area contributed by atoms with E-state index in [4.69, 9.17) is 0 Å². The summed E-state index contributed by atoms with van der Waals surface area (Å²) in [5.41, 5.74) is 1.33. The number of sulfonamides is 1. The van der Waals surface area contributed by atoms with Gasteiger partial charge in [-0.15, -0.1) is 0 Å². The Balaban J connectivity index is 1.42. The lowest BCUT2D eigenvalue weighted by Gasteiger charge is -2.33. The molecule has 25 heavy (non-hydrogen) atoms. The van der Waals surface area contributed by atoms with E-state index in [-0.39, 0.29) is 12.1 Å². The molecule has 1 saturated heterocycles. The molecule has 2 atom stereocenters. The van der Waals surface area contributed by atoms with Crippen LogP contribution in [0.15, 0.2) is 62.2 Å². The zero-order valence-electron chi connectivity index (χ0n) is 13.9. The van der Waals surface area contributed by atoms with Crippen LogP contribution in [0.2, 0.25) is 0 Å². The summed E-state index contributed by atoms with van der Waals surface area (Å²) in [6.07, 6.45) is 8.23. The maximum atomic E-state index is 13.1. The number of piperidine rings is 1. The highest BCUT2D eigenvalue weighted by Crippen LogP contribution is 2.31. The molecule has 0 bridgehead atoms. The van der Waals surface area contributed by atoms with E-state index in [1.165, 1.54) is 5.56 Å². The molecule has 0 aromatic heterocycles. The average Bonchev–Trinajstić information content (AvgIpc) is 3.11. The van der Waals surface area contributed by atoms with Crippen molar-refractivity contribution < 1.29 is 8.42 Å². The summed E-state index contributed by atoms with van der Waals surface area (Å²) in [6.45, 7) is 1.17. The van der Waals surface area contributed by atoms with Crippen LogP contribution in [0.1, 0.15) is 18.4 Å². The van der Waals surface area contributed by atoms with E-state index in [9.17, 15) is 8.42 Å². The molecule has 0 unspecified atom stereocenters. The molecule has 132 valence electrons. The zero-order chi connectivity index (χ0) is 17.3. The highest BCUT2D eigenvalue weighted by molar-refractivity contribution is 7.93. The van der Waals surface area contributed by atoms with Crippen LogP contribution in [0.4, 0.5) is 0 Å². The predicted octanol–water partition coefficient (Wildman–Crippen LogP) is 2.93. The first-order chi connectivity index (χ1) is 12.1. The van der Waals surface area contributed by atoms with Gasteiger partial charge < -0.3 is 0 Å². The topological polar surface area (TPSA) is 62.1 Å². The third-order valence-corrected chi connectivity index (χ3v) is 7.77. The number of rotatable bonds is 4. The minimum atomic E-state index is -3.46. The summed E-state index contributed by atoms with van der Waals surface area (Å²) in [6, 6.07) is 9.93. The SMILES string of the molecule is O=S(=O)(C1=CC=C[C@@H]2N=S=N[C@@H]12)N1CCC(Cc2ccccc2)CC1. The van der Waals surface area contributed by atoms with Crippen molar-refractivity contribution in [2.75, 3.05) is 13.1 Å². The minimum absolute atomic E-state index is 0.143. The number of allylic oxidation sites excluding steroid dienone is 2. The number of fused-ring (bicyclic) bond motifs is 1. The van der Waals surface area contributed by atoms with Crippen molar-refractivity contribution in [3.05, 3.63) is 59.0 Å². The van der Waals surface area contributed by atoms with E-state index in [0.29, 0.717) is 23.9 Å². The van der Waals surface area contributed by atoms with Crippen LogP contribution in [0.3, 0.4) is 0 Å². The maximum Gasteiger partial charge on any atom is 0.241 e. The Morgan fingerprint density at radius 2 is 1.88 bits per heavy atom. The van der Waals surface area contributed by atoms with Crippen molar-refractivity contribution in [1.29, 1.82) is 0 Å². The molecule has 1 aliphatic carbocycles. The molecule has 5 nitrogen and oxygen atoms in total. The van der Waals surface area contributed by atoms with Crippen molar-refractivity contribution in [1.82, 2.24) is 4.31 Å². The molecule has 0 N–H and O–H groups in total. The first kappa shape index (κ1) is 16.9. The lowest BCUT2D eigenvalue weighted by Crippen LogP contribution is -2.42. The van der Waals surface area contributed by atoms with Crippen LogP contribution >= 0.6 is 0 Å². The van der Waals surface area contributed by atoms with E-state index in [0.717, 1.165) is 30.6 Å². The molecule has 1 fully saturated rings. The highest BCUT2D eigenvalue weighted by atomic mass is 32.2. The predicted molar refractivity (Wildman–Crippen MR) is 100 cm³/mol. The molecule has 1 aromatic carbocycles. The Morgan fingerprint density at radius 1 is 1.12 bits per heavy atom. The molecule has 1 aromatic rings. The van der Waals surface area contributed by atoms with Gasteiger partial charge in [0.2, 0.25) is 10.0 Å². The lowest BCUT2D eigenvalue weighted by atomic mass is 9.91. The Kier molecular flexibility index (Phi) is 4.71. The van der Waals surface area contributed by atoms with Crippen LogP contribution in [-0.4, -0.2) is 37.9 Å². The van der Waals surface area contributed by atoms with Gasteiger partial charge in [-0.3, -0.25) is 0 Å². The quantitative estimate of drug-likeness (QED) is 0.812. The van der Waals surface area contributed by atoms with Crippen LogP contribution in [0.5, 0.6) is 0 Å². The summed E-state index contributed by atoms with van der Waals surface area (Å²) < 4.78 is 36.3. The average molecular weight is 376 g/mol. The Morgan fingerprint density at radius 3 is 2.64 bits per heavy atom. The second-order valence-corrected chi connectivity index (χ2v) is 9.24. The van der Waals surface area contributed by atoms with Crippen LogP contribution < -0.4 is 0 Å². The van der Waals surface area contributed by atoms with Crippen molar-refractivity contribution >= 4 is 21.4 Å². The van der Waals surface area contributed by atoms with E-state index in [1.54, 1.807) is 16.5 Å². The van der Waals surface area contributed by atoms with Gasteiger partial charge in [0, 0.05) is 13.1 Å². The second kappa shape index (κ2) is 6.97. The molecule has 0 radical (unpaired) electrons. The Labute approximate surface area is 152 Å². The number of benzene rings is 1. The smallest absolute Gasteiger partial charge is 0.207 e. The summed E-state index contributed by atoms with van der Waals surface area (Å²) in [5, 5.41) is 0. The van der Waals surface area contributed by atoms with E-state index < -0.39 is 10.0 Å². The number of nitrogens with zero attached hydrogens (tertiary/aromatic N) is 3. The summed E-state index contributed by atoms with van der Waals surface area (Å²) in [7, 11) is -3.46. The van der Waals surface area contributed by atoms with Gasteiger partial charge in [0.15, 0.2) is 0 Å². The van der Waals surface area contributed by atoms with Gasteiger partial charge >= 0.3 is 0 Å². The molecule has 2 aliphatic heterocycles. The maximum absolute atomic E-state index is 13.1. The monoisotopic (exact) mass is 375 g/mol. The zero-order valence-corrected chi connectivity index (χ0v) is 15.5. The number of hydrogen-bond donors (Lipinski definition) is 0. The van der Waals surface area contributed by atoms with Crippen molar-refractivity contribution in [3.63, 3.8) is 0 Å². The van der Waals surface area contributed by atoms with Gasteiger partial charge in [-0.2, -0.15) is 4.31 Å². The van der Waals surface area contributed by atoms with Gasteiger partial charge in [0.1, 0.15) is 12.1 Å². The third-order valence-electron chi connectivity index (χ3n) is 5.09. The van der Waals surface area contributed by atoms with Crippen molar-refractivity contribution in [2.24, 2.45) is 14.6 Å². The molecule has 0 spiro atoms. The number of hydrogen-bond acceptors (Lipinski definition) is 4. The largest absolute Gasteiger partial charge is 0.241 e. The molecule has 2 heterocycles. The first-order valence-corrected chi connectivity index (χ1v) is 10.8. The fourth-order valence-electron chi connectivity index (χ4n) is 3.66. The fourth-order valence-corrected chi connectivity index (χ4v) is 6.16. The Hall–Kier alpha value is -1.57. The van der Waals surface area contributed by atoms with Crippen LogP contribution in [-0.2, 0) is 27.8 Å². The molecular weight excluding hydrogens is 354 g/mol. The first-order valence-electron chi connectivity index (χ1n) is 8.63. The van der Waals surface area contributed by atoms with Gasteiger partial charge in [0.05, 0.1) is 16.3 Å². The minimum Gasteiger partial charge on any atom is -0.207 e. The van der Waals surface area contributed by atoms with Gasteiger partial charge in [-0.25, -0.2) is 17.1 Å². The van der Waals surface area contributed by atoms with Gasteiger partial charge in [-0.05, 0) is 36.8 Å². The molecule has 3 aliphatic rings. The molecule has 7 heteroatoms. The molecule has 0 amide bonds. The Bertz CT molecular complexity index is 863. The standard InChI is InChI=1S/C18H21N3O2S2/c22-25(23,17-8-4-7-16-18(17)20-24-19-16)21-11-9-15(10-12-21)13-14-5-2-1-3-6-14/h1-8,15-16,18H,9-13H2/t16-,18+/m0/s1. The summed E-state index contributed by atoms with van der Waals surface area (Å²) in [4.78, 5) is 0.398. The van der Waals surface area contributed by atoms with Crippen LogP contribution in [0.25, 0.3) is 0 Å². The van der Waals surface area contributed by atoms with Crippen molar-refractivity contribution in [2.45, 2.75) is 31.3 Å². The van der Waals surface area contributed by atoms with E-state index in [2.05, 4.69) is 33.0 Å². The van der Waals surface area contributed by atoms with Gasteiger partial charge in [0.25, 0.3) is 0 Å². The second-order valence-electron chi connectivity index (χ2n) is 6.72. The van der Waals surface area contributed by atoms with E-state index >= 15 is 0 Å². The fraction of sp³-hybridized carbons (Fsp3) is 0.444. The van der Waals surface area contributed by atoms with E-state index in [1.807, 2.05) is 12.1 Å². The van der Waals surface area contributed by atoms with Crippen molar-refractivity contribution in [3.8, 4) is 0 Å².